The van der Waals surface area contributed by atoms with Crippen molar-refractivity contribution in [2.24, 2.45) is 0 Å². The molecule has 1 fully saturated rings. The predicted molar refractivity (Wildman–Crippen MR) is 81.1 cm³/mol. The van der Waals surface area contributed by atoms with E-state index in [4.69, 9.17) is 0 Å². The van der Waals surface area contributed by atoms with Gasteiger partial charge in [0.25, 0.3) is 0 Å². The van der Waals surface area contributed by atoms with Gasteiger partial charge in [-0.2, -0.15) is 0 Å². The van der Waals surface area contributed by atoms with Gasteiger partial charge in [0.15, 0.2) is 0 Å². The number of thiophene rings is 1. The highest BCUT2D eigenvalue weighted by molar-refractivity contribution is 7.18. The molecule has 20 heavy (non-hydrogen) atoms. The van der Waals surface area contributed by atoms with Crippen molar-refractivity contribution < 1.29 is 4.79 Å². The van der Waals surface area contributed by atoms with Gasteiger partial charge in [0, 0.05) is 18.0 Å². The summed E-state index contributed by atoms with van der Waals surface area (Å²) in [6.45, 7) is 4.13. The Morgan fingerprint density at radius 1 is 1.35 bits per heavy atom. The number of carbonyl (C=O) groups is 1. The van der Waals surface area contributed by atoms with E-state index in [1.165, 1.54) is 11.3 Å². The molecule has 1 saturated heterocycles. The summed E-state index contributed by atoms with van der Waals surface area (Å²) < 4.78 is 0. The molecule has 0 spiro atoms. The molecule has 0 aliphatic carbocycles. The Bertz CT molecular complexity index is 619. The molecule has 2 aromatic heterocycles. The van der Waals surface area contributed by atoms with Gasteiger partial charge in [0.2, 0.25) is 5.91 Å². The third-order valence-corrected chi connectivity index (χ3v) is 4.53. The van der Waals surface area contributed by atoms with Crippen LogP contribution in [-0.2, 0) is 4.79 Å². The maximum Gasteiger partial charge on any atom is 0.241 e. The lowest BCUT2D eigenvalue weighted by Crippen LogP contribution is -2.39. The number of likely N-dealkylation sites (tertiary alicyclic amines) is 1. The van der Waals surface area contributed by atoms with E-state index in [1.54, 1.807) is 17.7 Å². The quantitative estimate of drug-likeness (QED) is 0.943. The number of nitrogens with zero attached hydrogens (tertiary/aromatic N) is 3. The molecule has 1 aliphatic heterocycles. The van der Waals surface area contributed by atoms with Crippen LogP contribution in [0.2, 0.25) is 0 Å². The Balaban J connectivity index is 1.68. The van der Waals surface area contributed by atoms with E-state index in [0.29, 0.717) is 6.54 Å². The number of amides is 1. The van der Waals surface area contributed by atoms with Crippen LogP contribution in [0.4, 0.5) is 5.82 Å². The second kappa shape index (κ2) is 5.75. The van der Waals surface area contributed by atoms with Crippen LogP contribution in [0.15, 0.2) is 12.4 Å². The molecule has 2 aromatic rings. The van der Waals surface area contributed by atoms with Crippen LogP contribution in [-0.4, -0.2) is 40.4 Å². The highest BCUT2D eigenvalue weighted by Crippen LogP contribution is 2.27. The van der Waals surface area contributed by atoms with E-state index in [0.717, 1.165) is 42.0 Å². The first kappa shape index (κ1) is 13.3. The molecule has 5 nitrogen and oxygen atoms in total. The van der Waals surface area contributed by atoms with Crippen LogP contribution in [0.3, 0.4) is 0 Å². The first-order valence-electron chi connectivity index (χ1n) is 6.97. The maximum atomic E-state index is 12.1. The van der Waals surface area contributed by atoms with Gasteiger partial charge >= 0.3 is 0 Å². The van der Waals surface area contributed by atoms with Crippen molar-refractivity contribution in [3.8, 4) is 0 Å². The van der Waals surface area contributed by atoms with Crippen molar-refractivity contribution in [3.05, 3.63) is 17.3 Å². The van der Waals surface area contributed by atoms with Crippen molar-refractivity contribution in [2.75, 3.05) is 25.0 Å². The van der Waals surface area contributed by atoms with Gasteiger partial charge in [-0.1, -0.05) is 0 Å². The standard InChI is InChI=1S/C14H18N4OS/c1-10-7-11-13(16-9-17-14(11)20-10)15-8-12(19)18-5-3-2-4-6-18/h7,9H,2-6,8H2,1H3,(H,15,16,17). The number of rotatable bonds is 3. The summed E-state index contributed by atoms with van der Waals surface area (Å²) in [7, 11) is 0. The number of carbonyl (C=O) groups excluding carboxylic acids is 1. The molecular formula is C14H18N4OS. The number of hydrogen-bond acceptors (Lipinski definition) is 5. The summed E-state index contributed by atoms with van der Waals surface area (Å²) in [5.74, 6) is 0.910. The number of aryl methyl sites for hydroxylation is 1. The number of hydrogen-bond donors (Lipinski definition) is 1. The molecule has 0 saturated carbocycles. The summed E-state index contributed by atoms with van der Waals surface area (Å²) in [6, 6.07) is 2.06. The first-order chi connectivity index (χ1) is 9.74. The highest BCUT2D eigenvalue weighted by atomic mass is 32.1. The van der Waals surface area contributed by atoms with E-state index >= 15 is 0 Å². The third-order valence-electron chi connectivity index (χ3n) is 3.57. The van der Waals surface area contributed by atoms with Gasteiger partial charge < -0.3 is 10.2 Å². The molecule has 0 aromatic carbocycles. The zero-order chi connectivity index (χ0) is 13.9. The van der Waals surface area contributed by atoms with Gasteiger partial charge in [0.1, 0.15) is 17.0 Å². The third kappa shape index (κ3) is 2.75. The Hall–Kier alpha value is -1.69. The SMILES string of the molecule is Cc1cc2c(NCC(=O)N3CCCCC3)ncnc2s1. The van der Waals surface area contributed by atoms with Gasteiger partial charge in [-0.15, -0.1) is 11.3 Å². The van der Waals surface area contributed by atoms with E-state index in [1.807, 2.05) is 4.90 Å². The molecular weight excluding hydrogens is 272 g/mol. The van der Waals surface area contributed by atoms with Crippen LogP contribution in [0.25, 0.3) is 10.2 Å². The fourth-order valence-corrected chi connectivity index (χ4v) is 3.38. The van der Waals surface area contributed by atoms with Gasteiger partial charge in [-0.3, -0.25) is 4.79 Å². The lowest BCUT2D eigenvalue weighted by molar-refractivity contribution is -0.130. The number of fused-ring (bicyclic) bond motifs is 1. The van der Waals surface area contributed by atoms with Crippen LogP contribution in [0.1, 0.15) is 24.1 Å². The van der Waals surface area contributed by atoms with Crippen molar-refractivity contribution in [3.63, 3.8) is 0 Å². The predicted octanol–water partition coefficient (Wildman–Crippen LogP) is 2.42. The highest BCUT2D eigenvalue weighted by Gasteiger charge is 2.16. The molecule has 0 atom stereocenters. The van der Waals surface area contributed by atoms with Gasteiger partial charge in [-0.05, 0) is 32.3 Å². The summed E-state index contributed by atoms with van der Waals surface area (Å²) in [5, 5.41) is 4.16. The molecule has 1 aliphatic rings. The molecule has 3 rings (SSSR count). The smallest absolute Gasteiger partial charge is 0.241 e. The van der Waals surface area contributed by atoms with Crippen LogP contribution >= 0.6 is 11.3 Å². The second-order valence-corrected chi connectivity index (χ2v) is 6.33. The normalized spacial score (nSPS) is 15.6. The lowest BCUT2D eigenvalue weighted by Gasteiger charge is -2.26. The number of anilines is 1. The summed E-state index contributed by atoms with van der Waals surface area (Å²) in [4.78, 5) is 24.7. The molecule has 1 amide bonds. The number of nitrogens with one attached hydrogen (secondary N) is 1. The molecule has 6 heteroatoms. The Morgan fingerprint density at radius 2 is 2.15 bits per heavy atom. The van der Waals surface area contributed by atoms with Crippen molar-refractivity contribution in [1.29, 1.82) is 0 Å². The van der Waals surface area contributed by atoms with Gasteiger partial charge in [0.05, 0.1) is 11.9 Å². The van der Waals surface area contributed by atoms with E-state index in [9.17, 15) is 4.79 Å². The van der Waals surface area contributed by atoms with Crippen molar-refractivity contribution in [2.45, 2.75) is 26.2 Å². The molecule has 1 N–H and O–H groups in total. The van der Waals surface area contributed by atoms with Crippen LogP contribution in [0.5, 0.6) is 0 Å². The minimum Gasteiger partial charge on any atom is -0.360 e. The number of piperidine rings is 1. The van der Waals surface area contributed by atoms with E-state index in [2.05, 4.69) is 28.3 Å². The van der Waals surface area contributed by atoms with E-state index < -0.39 is 0 Å². The number of aromatic nitrogens is 2. The maximum absolute atomic E-state index is 12.1. The van der Waals surface area contributed by atoms with Crippen molar-refractivity contribution in [1.82, 2.24) is 14.9 Å². The zero-order valence-corrected chi connectivity index (χ0v) is 12.4. The average molecular weight is 290 g/mol. The minimum atomic E-state index is 0.156. The Kier molecular flexibility index (Phi) is 3.82. The molecule has 0 bridgehead atoms. The fraction of sp³-hybridized carbons (Fsp3) is 0.500. The lowest BCUT2D eigenvalue weighted by atomic mass is 10.1. The van der Waals surface area contributed by atoms with Crippen LogP contribution in [0, 0.1) is 6.92 Å². The largest absolute Gasteiger partial charge is 0.360 e. The molecule has 0 unspecified atom stereocenters. The zero-order valence-electron chi connectivity index (χ0n) is 11.6. The molecule has 3 heterocycles. The second-order valence-electron chi connectivity index (χ2n) is 5.09. The van der Waals surface area contributed by atoms with E-state index in [-0.39, 0.29) is 5.91 Å². The molecule has 106 valence electrons. The summed E-state index contributed by atoms with van der Waals surface area (Å²) in [5.41, 5.74) is 0. The summed E-state index contributed by atoms with van der Waals surface area (Å²) >= 11 is 1.64. The first-order valence-corrected chi connectivity index (χ1v) is 7.78. The van der Waals surface area contributed by atoms with Crippen LogP contribution < -0.4 is 5.32 Å². The Labute approximate surface area is 122 Å². The summed E-state index contributed by atoms with van der Waals surface area (Å²) in [6.07, 6.45) is 5.02. The minimum absolute atomic E-state index is 0.156. The Morgan fingerprint density at radius 3 is 2.95 bits per heavy atom. The molecule has 0 radical (unpaired) electrons. The fourth-order valence-electron chi connectivity index (χ4n) is 2.53. The topological polar surface area (TPSA) is 58.1 Å². The van der Waals surface area contributed by atoms with Crippen molar-refractivity contribution >= 4 is 33.3 Å². The average Bonchev–Trinajstić information content (AvgIpc) is 2.86. The monoisotopic (exact) mass is 290 g/mol. The van der Waals surface area contributed by atoms with Gasteiger partial charge in [-0.25, -0.2) is 9.97 Å².